The van der Waals surface area contributed by atoms with Gasteiger partial charge in [0.25, 0.3) is 0 Å². The average molecular weight is 282 g/mol. The van der Waals surface area contributed by atoms with Crippen LogP contribution in [-0.4, -0.2) is 5.78 Å². The topological polar surface area (TPSA) is 17.1 Å². The zero-order chi connectivity index (χ0) is 10.0. The summed E-state index contributed by atoms with van der Waals surface area (Å²) in [4.78, 5) is 11.1. The van der Waals surface area contributed by atoms with Gasteiger partial charge in [0.1, 0.15) is 0 Å². The van der Waals surface area contributed by atoms with Crippen LogP contribution in [0.3, 0.4) is 0 Å². The molecule has 0 radical (unpaired) electrons. The van der Waals surface area contributed by atoms with Gasteiger partial charge in [-0.1, -0.05) is 39.1 Å². The number of Topliss-reactive ketones (excluding diaryl/α,β-unsaturated/α-hetero) is 1. The predicted octanol–water partition coefficient (Wildman–Crippen LogP) is 4.09. The van der Waals surface area contributed by atoms with Gasteiger partial charge in [0.05, 0.1) is 15.6 Å². The maximum atomic E-state index is 11.1. The second-order valence-electron chi connectivity index (χ2n) is 2.62. The lowest BCUT2D eigenvalue weighted by Crippen LogP contribution is -1.96. The average Bonchev–Trinajstić information content (AvgIpc) is 2.02. The Kier molecular flexibility index (Phi) is 3.77. The molecule has 0 saturated carbocycles. The Hall–Kier alpha value is -0.0500. The standard InChI is InChI=1S/C9H7BrCl2O/c1-5(13)9-7(11)2-6(4-10)3-8(9)12/h2-3H,4H2,1H3. The molecular weight excluding hydrogens is 275 g/mol. The number of hydrogen-bond donors (Lipinski definition) is 0. The first-order valence-electron chi connectivity index (χ1n) is 3.61. The maximum absolute atomic E-state index is 11.1. The first-order chi connectivity index (χ1) is 6.06. The molecule has 0 saturated heterocycles. The summed E-state index contributed by atoms with van der Waals surface area (Å²) in [5, 5.41) is 1.49. The summed E-state index contributed by atoms with van der Waals surface area (Å²) in [6.07, 6.45) is 0. The molecule has 4 heteroatoms. The molecule has 0 heterocycles. The SMILES string of the molecule is CC(=O)c1c(Cl)cc(CBr)cc1Cl. The summed E-state index contributed by atoms with van der Waals surface area (Å²) in [5.41, 5.74) is 1.35. The third kappa shape index (κ3) is 2.46. The number of hydrogen-bond acceptors (Lipinski definition) is 1. The van der Waals surface area contributed by atoms with E-state index in [1.165, 1.54) is 6.92 Å². The Labute approximate surface area is 95.2 Å². The minimum Gasteiger partial charge on any atom is -0.294 e. The molecule has 0 aliphatic heterocycles. The van der Waals surface area contributed by atoms with E-state index in [0.29, 0.717) is 20.9 Å². The van der Waals surface area contributed by atoms with Crippen molar-refractivity contribution in [2.45, 2.75) is 12.3 Å². The molecule has 0 amide bonds. The number of alkyl halides is 1. The molecule has 1 aromatic rings. The molecule has 0 unspecified atom stereocenters. The first-order valence-corrected chi connectivity index (χ1v) is 5.49. The molecule has 0 aromatic heterocycles. The van der Waals surface area contributed by atoms with E-state index in [-0.39, 0.29) is 5.78 Å². The predicted molar refractivity (Wildman–Crippen MR) is 59.1 cm³/mol. The minimum absolute atomic E-state index is 0.115. The zero-order valence-electron chi connectivity index (χ0n) is 6.90. The van der Waals surface area contributed by atoms with Crippen molar-refractivity contribution in [1.29, 1.82) is 0 Å². The third-order valence-corrected chi connectivity index (χ3v) is 2.85. The maximum Gasteiger partial charge on any atom is 0.162 e. The molecule has 1 rings (SSSR count). The number of rotatable bonds is 2. The smallest absolute Gasteiger partial charge is 0.162 e. The van der Waals surface area contributed by atoms with Crippen molar-refractivity contribution in [1.82, 2.24) is 0 Å². The highest BCUT2D eigenvalue weighted by atomic mass is 79.9. The summed E-state index contributed by atoms with van der Waals surface area (Å²) >= 11 is 15.0. The van der Waals surface area contributed by atoms with Gasteiger partial charge in [-0.05, 0) is 24.6 Å². The molecule has 70 valence electrons. The van der Waals surface area contributed by atoms with Crippen LogP contribution in [0, 0.1) is 0 Å². The van der Waals surface area contributed by atoms with Gasteiger partial charge in [-0.2, -0.15) is 0 Å². The van der Waals surface area contributed by atoms with Gasteiger partial charge in [0, 0.05) is 5.33 Å². The number of carbonyl (C=O) groups is 1. The third-order valence-electron chi connectivity index (χ3n) is 1.61. The largest absolute Gasteiger partial charge is 0.294 e. The van der Waals surface area contributed by atoms with Gasteiger partial charge in [-0.25, -0.2) is 0 Å². The molecule has 1 aromatic carbocycles. The number of halogens is 3. The molecule has 1 nitrogen and oxygen atoms in total. The Balaban J connectivity index is 3.31. The molecule has 0 atom stereocenters. The minimum atomic E-state index is -0.115. The van der Waals surface area contributed by atoms with E-state index >= 15 is 0 Å². The van der Waals surface area contributed by atoms with Crippen LogP contribution >= 0.6 is 39.1 Å². The van der Waals surface area contributed by atoms with Gasteiger partial charge >= 0.3 is 0 Å². The van der Waals surface area contributed by atoms with Crippen LogP contribution < -0.4 is 0 Å². The van der Waals surface area contributed by atoms with Crippen LogP contribution in [0.5, 0.6) is 0 Å². The fourth-order valence-corrected chi connectivity index (χ4v) is 2.16. The Morgan fingerprint density at radius 1 is 1.38 bits per heavy atom. The van der Waals surface area contributed by atoms with Crippen molar-refractivity contribution in [3.05, 3.63) is 33.3 Å². The van der Waals surface area contributed by atoms with Crippen LogP contribution in [0.1, 0.15) is 22.8 Å². The quantitative estimate of drug-likeness (QED) is 0.589. The van der Waals surface area contributed by atoms with E-state index in [4.69, 9.17) is 23.2 Å². The fraction of sp³-hybridized carbons (Fsp3) is 0.222. The van der Waals surface area contributed by atoms with Crippen molar-refractivity contribution in [3.63, 3.8) is 0 Å². The van der Waals surface area contributed by atoms with Crippen molar-refractivity contribution in [3.8, 4) is 0 Å². The lowest BCUT2D eigenvalue weighted by atomic mass is 10.1. The molecule has 0 bridgehead atoms. The first kappa shape index (κ1) is 11.0. The number of benzene rings is 1. The highest BCUT2D eigenvalue weighted by Gasteiger charge is 2.11. The van der Waals surface area contributed by atoms with E-state index in [1.54, 1.807) is 12.1 Å². The van der Waals surface area contributed by atoms with E-state index in [0.717, 1.165) is 5.56 Å². The van der Waals surface area contributed by atoms with E-state index in [2.05, 4.69) is 15.9 Å². The summed E-state index contributed by atoms with van der Waals surface area (Å²) in [6.45, 7) is 1.45. The highest BCUT2D eigenvalue weighted by molar-refractivity contribution is 9.08. The van der Waals surface area contributed by atoms with Crippen molar-refractivity contribution < 1.29 is 4.79 Å². The van der Waals surface area contributed by atoms with Crippen LogP contribution in [0.2, 0.25) is 10.0 Å². The van der Waals surface area contributed by atoms with Crippen molar-refractivity contribution in [2.75, 3.05) is 0 Å². The Bertz CT molecular complexity index is 326. The van der Waals surface area contributed by atoms with Crippen LogP contribution in [-0.2, 0) is 5.33 Å². The zero-order valence-corrected chi connectivity index (χ0v) is 10.0. The Morgan fingerprint density at radius 3 is 2.15 bits per heavy atom. The van der Waals surface area contributed by atoms with Gasteiger partial charge in [-0.3, -0.25) is 4.79 Å². The van der Waals surface area contributed by atoms with Gasteiger partial charge in [0.2, 0.25) is 0 Å². The molecule has 0 aliphatic carbocycles. The normalized spacial score (nSPS) is 10.2. The molecule has 0 spiro atoms. The van der Waals surface area contributed by atoms with E-state index in [1.807, 2.05) is 0 Å². The van der Waals surface area contributed by atoms with Crippen LogP contribution in [0.4, 0.5) is 0 Å². The number of carbonyl (C=O) groups excluding carboxylic acids is 1. The molecule has 0 N–H and O–H groups in total. The van der Waals surface area contributed by atoms with Crippen molar-refractivity contribution >= 4 is 44.9 Å². The van der Waals surface area contributed by atoms with E-state index < -0.39 is 0 Å². The van der Waals surface area contributed by atoms with Gasteiger partial charge < -0.3 is 0 Å². The van der Waals surface area contributed by atoms with Crippen LogP contribution in [0.15, 0.2) is 12.1 Å². The summed E-state index contributed by atoms with van der Waals surface area (Å²) < 4.78 is 0. The molecule has 0 aliphatic rings. The number of ketones is 1. The summed E-state index contributed by atoms with van der Waals surface area (Å²) in [7, 11) is 0. The lowest BCUT2D eigenvalue weighted by molar-refractivity contribution is 0.101. The highest BCUT2D eigenvalue weighted by Crippen LogP contribution is 2.27. The molecule has 13 heavy (non-hydrogen) atoms. The second kappa shape index (κ2) is 4.45. The van der Waals surface area contributed by atoms with Gasteiger partial charge in [0.15, 0.2) is 5.78 Å². The monoisotopic (exact) mass is 280 g/mol. The van der Waals surface area contributed by atoms with Crippen molar-refractivity contribution in [2.24, 2.45) is 0 Å². The van der Waals surface area contributed by atoms with Gasteiger partial charge in [-0.15, -0.1) is 0 Å². The molecular formula is C9H7BrCl2O. The van der Waals surface area contributed by atoms with E-state index in [9.17, 15) is 4.79 Å². The summed E-state index contributed by atoms with van der Waals surface area (Å²) in [6, 6.07) is 3.47. The lowest BCUT2D eigenvalue weighted by Gasteiger charge is -2.05. The second-order valence-corrected chi connectivity index (χ2v) is 4.00. The summed E-state index contributed by atoms with van der Waals surface area (Å²) in [5.74, 6) is -0.115. The van der Waals surface area contributed by atoms with Crippen LogP contribution in [0.25, 0.3) is 0 Å². The molecule has 0 fully saturated rings. The fourth-order valence-electron chi connectivity index (χ4n) is 1.04. The Morgan fingerprint density at radius 2 is 1.85 bits per heavy atom.